The van der Waals surface area contributed by atoms with Gasteiger partial charge in [-0.2, -0.15) is 0 Å². The van der Waals surface area contributed by atoms with Gasteiger partial charge in [0.2, 0.25) is 0 Å². The highest BCUT2D eigenvalue weighted by Crippen LogP contribution is 2.22. The summed E-state index contributed by atoms with van der Waals surface area (Å²) in [5.74, 6) is 0.980. The van der Waals surface area contributed by atoms with Crippen molar-refractivity contribution in [2.75, 3.05) is 12.0 Å². The van der Waals surface area contributed by atoms with E-state index in [9.17, 15) is 0 Å². The fourth-order valence-corrected chi connectivity index (χ4v) is 3.16. The predicted octanol–water partition coefficient (Wildman–Crippen LogP) is 4.07. The molecule has 3 rings (SSSR count). The van der Waals surface area contributed by atoms with Crippen LogP contribution in [0.4, 0.5) is 5.69 Å². The standard InChI is InChI=1S/C22H28N2O/c1-4-5-9-14-25-22-13-12-19(15-17(22)2)23-24-16-18(3)20-10-7-6-8-11-21(20)24/h6-7,10-13,15-16,23H,4-5,8-9,14H2,1-3H3. The molecule has 1 N–H and O–H groups in total. The first kappa shape index (κ1) is 17.4. The molecule has 132 valence electrons. The minimum atomic E-state index is 0.795. The van der Waals surface area contributed by atoms with Crippen LogP contribution in [0.2, 0.25) is 0 Å². The Balaban J connectivity index is 1.77. The third-order valence-corrected chi connectivity index (χ3v) is 4.56. The quantitative estimate of drug-likeness (QED) is 0.772. The molecule has 0 aliphatic heterocycles. The number of ether oxygens (including phenoxy) is 1. The van der Waals surface area contributed by atoms with E-state index >= 15 is 0 Å². The highest BCUT2D eigenvalue weighted by Gasteiger charge is 2.05. The number of unbranched alkanes of at least 4 members (excludes halogenated alkanes) is 2. The summed E-state index contributed by atoms with van der Waals surface area (Å²) < 4.78 is 8.02. The Morgan fingerprint density at radius 2 is 2.04 bits per heavy atom. The largest absolute Gasteiger partial charge is 0.493 e. The fraction of sp³-hybridized carbons (Fsp3) is 0.364. The highest BCUT2D eigenvalue weighted by atomic mass is 16.5. The summed E-state index contributed by atoms with van der Waals surface area (Å²) in [7, 11) is 0. The molecule has 0 atom stereocenters. The molecule has 0 radical (unpaired) electrons. The predicted molar refractivity (Wildman–Crippen MR) is 106 cm³/mol. The van der Waals surface area contributed by atoms with Gasteiger partial charge in [0, 0.05) is 11.4 Å². The molecule has 25 heavy (non-hydrogen) atoms. The van der Waals surface area contributed by atoms with Gasteiger partial charge in [-0.1, -0.05) is 44.1 Å². The summed E-state index contributed by atoms with van der Waals surface area (Å²) in [6.45, 7) is 7.26. The Morgan fingerprint density at radius 1 is 1.16 bits per heavy atom. The first-order chi connectivity index (χ1) is 12.2. The van der Waals surface area contributed by atoms with Crippen LogP contribution < -0.4 is 20.7 Å². The van der Waals surface area contributed by atoms with Crippen LogP contribution >= 0.6 is 0 Å². The molecule has 2 aromatic rings. The van der Waals surface area contributed by atoms with E-state index in [2.05, 4.69) is 79.6 Å². The van der Waals surface area contributed by atoms with Crippen LogP contribution in [0, 0.1) is 13.8 Å². The monoisotopic (exact) mass is 336 g/mol. The van der Waals surface area contributed by atoms with Gasteiger partial charge in [-0.15, -0.1) is 0 Å². The van der Waals surface area contributed by atoms with Crippen LogP contribution in [-0.2, 0) is 0 Å². The first-order valence-electron chi connectivity index (χ1n) is 9.24. The van der Waals surface area contributed by atoms with E-state index in [1.807, 2.05) is 0 Å². The number of rotatable bonds is 7. The van der Waals surface area contributed by atoms with E-state index in [0.717, 1.165) is 36.4 Å². The molecule has 0 saturated heterocycles. The third kappa shape index (κ3) is 4.16. The molecule has 1 aliphatic carbocycles. The molecule has 0 saturated carbocycles. The maximum atomic E-state index is 5.90. The van der Waals surface area contributed by atoms with Gasteiger partial charge < -0.3 is 4.74 Å². The number of fused-ring (bicyclic) bond motifs is 1. The second kappa shape index (κ2) is 8.11. The third-order valence-electron chi connectivity index (χ3n) is 4.56. The second-order valence-corrected chi connectivity index (χ2v) is 6.66. The molecule has 0 bridgehead atoms. The van der Waals surface area contributed by atoms with E-state index < -0.39 is 0 Å². The lowest BCUT2D eigenvalue weighted by Crippen LogP contribution is -2.32. The van der Waals surface area contributed by atoms with E-state index in [4.69, 9.17) is 4.74 Å². The molecule has 0 spiro atoms. The Labute approximate surface area is 150 Å². The van der Waals surface area contributed by atoms with Crippen LogP contribution in [0.5, 0.6) is 5.75 Å². The summed E-state index contributed by atoms with van der Waals surface area (Å²) in [4.78, 5) is 0. The summed E-state index contributed by atoms with van der Waals surface area (Å²) in [5.41, 5.74) is 7.01. The van der Waals surface area contributed by atoms with Gasteiger partial charge in [0.05, 0.1) is 17.6 Å². The molecule has 3 nitrogen and oxygen atoms in total. The lowest BCUT2D eigenvalue weighted by atomic mass is 10.2. The molecule has 3 heteroatoms. The van der Waals surface area contributed by atoms with Crippen LogP contribution in [0.25, 0.3) is 12.2 Å². The zero-order chi connectivity index (χ0) is 17.6. The van der Waals surface area contributed by atoms with Crippen LogP contribution in [-0.4, -0.2) is 11.3 Å². The number of allylic oxidation sites excluding steroid dienone is 2. The number of nitrogens with one attached hydrogen (secondary N) is 1. The Bertz CT molecular complexity index is 874. The zero-order valence-corrected chi connectivity index (χ0v) is 15.5. The molecular weight excluding hydrogens is 308 g/mol. The van der Waals surface area contributed by atoms with Crippen LogP contribution in [0.1, 0.15) is 43.7 Å². The maximum Gasteiger partial charge on any atom is 0.122 e. The highest BCUT2D eigenvalue weighted by molar-refractivity contribution is 5.52. The maximum absolute atomic E-state index is 5.90. The lowest BCUT2D eigenvalue weighted by molar-refractivity contribution is 0.304. The minimum Gasteiger partial charge on any atom is -0.493 e. The van der Waals surface area contributed by atoms with Gasteiger partial charge in [0.15, 0.2) is 0 Å². The average molecular weight is 336 g/mol. The zero-order valence-electron chi connectivity index (χ0n) is 15.5. The van der Waals surface area contributed by atoms with E-state index in [1.165, 1.54) is 29.0 Å². The van der Waals surface area contributed by atoms with Gasteiger partial charge in [-0.3, -0.25) is 10.1 Å². The van der Waals surface area contributed by atoms with Gasteiger partial charge >= 0.3 is 0 Å². The summed E-state index contributed by atoms with van der Waals surface area (Å²) >= 11 is 0. The number of hydrogen-bond donors (Lipinski definition) is 1. The van der Waals surface area contributed by atoms with Crippen LogP contribution in [0.3, 0.4) is 0 Å². The van der Waals surface area contributed by atoms with Crippen molar-refractivity contribution in [3.05, 3.63) is 58.2 Å². The SMILES string of the molecule is CCCCCOc1ccc(Nn2cc(C)c3c2=CCC=CC=3)cc1C. The van der Waals surface area contributed by atoms with Crippen molar-refractivity contribution in [3.63, 3.8) is 0 Å². The fourth-order valence-electron chi connectivity index (χ4n) is 3.16. The van der Waals surface area contributed by atoms with Crippen molar-refractivity contribution in [3.8, 4) is 5.75 Å². The van der Waals surface area contributed by atoms with Crippen molar-refractivity contribution >= 4 is 17.8 Å². The van der Waals surface area contributed by atoms with Gasteiger partial charge in [0.1, 0.15) is 5.75 Å². The minimum absolute atomic E-state index is 0.795. The first-order valence-corrected chi connectivity index (χ1v) is 9.24. The smallest absolute Gasteiger partial charge is 0.122 e. The molecule has 1 aromatic carbocycles. The van der Waals surface area contributed by atoms with E-state index in [-0.39, 0.29) is 0 Å². The summed E-state index contributed by atoms with van der Waals surface area (Å²) in [6, 6.07) is 6.30. The number of nitrogens with zero attached hydrogens (tertiary/aromatic N) is 1. The van der Waals surface area contributed by atoms with Crippen molar-refractivity contribution in [2.45, 2.75) is 46.5 Å². The van der Waals surface area contributed by atoms with Gasteiger partial charge in [0.25, 0.3) is 0 Å². The lowest BCUT2D eigenvalue weighted by Gasteiger charge is -2.13. The van der Waals surface area contributed by atoms with Crippen molar-refractivity contribution in [2.24, 2.45) is 0 Å². The molecule has 0 unspecified atom stereocenters. The Kier molecular flexibility index (Phi) is 5.64. The molecular formula is C22H28N2O. The Morgan fingerprint density at radius 3 is 2.84 bits per heavy atom. The number of hydrogen-bond acceptors (Lipinski definition) is 2. The number of benzene rings is 1. The van der Waals surface area contributed by atoms with E-state index in [1.54, 1.807) is 0 Å². The van der Waals surface area contributed by atoms with Crippen molar-refractivity contribution in [1.29, 1.82) is 0 Å². The normalized spacial score (nSPS) is 12.8. The van der Waals surface area contributed by atoms with Gasteiger partial charge in [-0.05, 0) is 56.0 Å². The number of aryl methyl sites for hydroxylation is 2. The number of aromatic nitrogens is 1. The topological polar surface area (TPSA) is 26.2 Å². The Hall–Kier alpha value is -2.42. The van der Waals surface area contributed by atoms with E-state index in [0.29, 0.717) is 0 Å². The second-order valence-electron chi connectivity index (χ2n) is 6.66. The molecule has 0 amide bonds. The summed E-state index contributed by atoms with van der Waals surface area (Å²) in [5, 5.41) is 2.51. The van der Waals surface area contributed by atoms with Gasteiger partial charge in [-0.25, -0.2) is 0 Å². The summed E-state index contributed by atoms with van der Waals surface area (Å²) in [6.07, 6.45) is 15.4. The molecule has 1 aromatic heterocycles. The van der Waals surface area contributed by atoms with Crippen molar-refractivity contribution < 1.29 is 4.74 Å². The average Bonchev–Trinajstić information content (AvgIpc) is 2.78. The van der Waals surface area contributed by atoms with Crippen molar-refractivity contribution in [1.82, 2.24) is 4.68 Å². The molecule has 1 heterocycles. The van der Waals surface area contributed by atoms with Crippen LogP contribution in [0.15, 0.2) is 36.5 Å². The molecule has 0 fully saturated rings. The molecule has 1 aliphatic rings. The number of anilines is 1.